The minimum Gasteiger partial charge on any atom is -0.298 e. The zero-order valence-corrected chi connectivity index (χ0v) is 8.21. The second-order valence-corrected chi connectivity index (χ2v) is 4.49. The molecule has 3 heteroatoms. The molecule has 0 bridgehead atoms. The molecule has 0 spiro atoms. The molecule has 1 aliphatic rings. The van der Waals surface area contributed by atoms with Crippen LogP contribution in [0.15, 0.2) is 5.18 Å². The Labute approximate surface area is 74.1 Å². The summed E-state index contributed by atoms with van der Waals surface area (Å²) >= 11 is 0. The highest BCUT2D eigenvalue weighted by atomic mass is 16.3. The van der Waals surface area contributed by atoms with Crippen LogP contribution in [0.25, 0.3) is 0 Å². The molecule has 0 atom stereocenters. The number of hydrogen-bond donors (Lipinski definition) is 0. The summed E-state index contributed by atoms with van der Waals surface area (Å²) < 4.78 is 0. The smallest absolute Gasteiger partial charge is 0.0944 e. The van der Waals surface area contributed by atoms with Gasteiger partial charge in [-0.3, -0.25) is 4.90 Å². The van der Waals surface area contributed by atoms with Crippen LogP contribution in [0.1, 0.15) is 33.6 Å². The number of rotatable bonds is 1. The summed E-state index contributed by atoms with van der Waals surface area (Å²) in [7, 11) is 0. The van der Waals surface area contributed by atoms with Crippen molar-refractivity contribution in [2.24, 2.45) is 5.18 Å². The molecular formula is C9H18N2O. The molecule has 0 saturated carbocycles. The third kappa shape index (κ3) is 2.27. The molecule has 0 aromatic heterocycles. The van der Waals surface area contributed by atoms with E-state index in [0.29, 0.717) is 0 Å². The highest BCUT2D eigenvalue weighted by Crippen LogP contribution is 2.21. The number of hydrogen-bond acceptors (Lipinski definition) is 3. The lowest BCUT2D eigenvalue weighted by molar-refractivity contribution is 0.103. The molecule has 3 nitrogen and oxygen atoms in total. The van der Waals surface area contributed by atoms with E-state index in [1.807, 2.05) is 0 Å². The van der Waals surface area contributed by atoms with Crippen molar-refractivity contribution in [1.29, 1.82) is 0 Å². The molecule has 1 saturated heterocycles. The summed E-state index contributed by atoms with van der Waals surface area (Å²) in [5.41, 5.74) is 0.244. The summed E-state index contributed by atoms with van der Waals surface area (Å²) in [6.45, 7) is 8.66. The van der Waals surface area contributed by atoms with Gasteiger partial charge in [0.05, 0.1) is 6.04 Å². The maximum Gasteiger partial charge on any atom is 0.0944 e. The van der Waals surface area contributed by atoms with E-state index in [-0.39, 0.29) is 11.6 Å². The SMILES string of the molecule is CC(C)(C)N1CCC(N=O)CC1. The van der Waals surface area contributed by atoms with Crippen LogP contribution in [-0.2, 0) is 0 Å². The zero-order chi connectivity index (χ0) is 9.19. The first-order valence-electron chi connectivity index (χ1n) is 4.61. The van der Waals surface area contributed by atoms with Gasteiger partial charge in [-0.15, -0.1) is 0 Å². The lowest BCUT2D eigenvalue weighted by Crippen LogP contribution is -2.46. The Hall–Kier alpha value is -0.440. The standard InChI is InChI=1S/C9H18N2O/c1-9(2,3)11-6-4-8(10-12)5-7-11/h8H,4-7H2,1-3H3. The highest BCUT2D eigenvalue weighted by Gasteiger charge is 2.26. The first-order chi connectivity index (χ1) is 5.54. The molecule has 1 aliphatic heterocycles. The van der Waals surface area contributed by atoms with Gasteiger partial charge < -0.3 is 0 Å². The van der Waals surface area contributed by atoms with Gasteiger partial charge in [0.2, 0.25) is 0 Å². The van der Waals surface area contributed by atoms with Crippen molar-refractivity contribution in [3.63, 3.8) is 0 Å². The molecule has 0 radical (unpaired) electrons. The Morgan fingerprint density at radius 2 is 1.75 bits per heavy atom. The van der Waals surface area contributed by atoms with Crippen LogP contribution < -0.4 is 0 Å². The summed E-state index contributed by atoms with van der Waals surface area (Å²) in [5.74, 6) is 0. The van der Waals surface area contributed by atoms with Crippen molar-refractivity contribution in [2.75, 3.05) is 13.1 Å². The number of likely N-dealkylation sites (tertiary alicyclic amines) is 1. The molecule has 12 heavy (non-hydrogen) atoms. The van der Waals surface area contributed by atoms with Crippen LogP contribution in [0, 0.1) is 4.91 Å². The Kier molecular flexibility index (Phi) is 2.83. The van der Waals surface area contributed by atoms with Crippen LogP contribution in [0.3, 0.4) is 0 Å². The van der Waals surface area contributed by atoms with Crippen LogP contribution in [0.4, 0.5) is 0 Å². The van der Waals surface area contributed by atoms with Gasteiger partial charge in [0.1, 0.15) is 0 Å². The zero-order valence-electron chi connectivity index (χ0n) is 8.21. The molecule has 1 heterocycles. The van der Waals surface area contributed by atoms with E-state index in [1.54, 1.807) is 0 Å². The molecule has 0 unspecified atom stereocenters. The fourth-order valence-corrected chi connectivity index (χ4v) is 1.64. The molecule has 0 N–H and O–H groups in total. The van der Waals surface area contributed by atoms with Gasteiger partial charge in [-0.05, 0) is 33.6 Å². The minimum atomic E-state index is 0.0728. The fraction of sp³-hybridized carbons (Fsp3) is 1.00. The van der Waals surface area contributed by atoms with Crippen molar-refractivity contribution in [3.8, 4) is 0 Å². The van der Waals surface area contributed by atoms with Crippen LogP contribution in [0.2, 0.25) is 0 Å². The number of nitrogens with zero attached hydrogens (tertiary/aromatic N) is 2. The third-order valence-electron chi connectivity index (χ3n) is 2.56. The lowest BCUT2D eigenvalue weighted by Gasteiger charge is -2.39. The van der Waals surface area contributed by atoms with Gasteiger partial charge in [0.25, 0.3) is 0 Å². The molecule has 0 amide bonds. The van der Waals surface area contributed by atoms with Crippen LogP contribution >= 0.6 is 0 Å². The Balaban J connectivity index is 2.41. The summed E-state index contributed by atoms with van der Waals surface area (Å²) in [6, 6.07) is 0.0728. The molecule has 0 aliphatic carbocycles. The first-order valence-corrected chi connectivity index (χ1v) is 4.61. The minimum absolute atomic E-state index is 0.0728. The van der Waals surface area contributed by atoms with Crippen molar-refractivity contribution < 1.29 is 0 Å². The Morgan fingerprint density at radius 1 is 1.25 bits per heavy atom. The molecule has 1 rings (SSSR count). The maximum atomic E-state index is 10.2. The normalized spacial score (nSPS) is 22.6. The second-order valence-electron chi connectivity index (χ2n) is 4.49. The van der Waals surface area contributed by atoms with Crippen molar-refractivity contribution in [2.45, 2.75) is 45.2 Å². The van der Waals surface area contributed by atoms with Gasteiger partial charge in [-0.25, -0.2) is 0 Å². The van der Waals surface area contributed by atoms with E-state index in [4.69, 9.17) is 0 Å². The molecular weight excluding hydrogens is 152 g/mol. The predicted octanol–water partition coefficient (Wildman–Crippen LogP) is 2.02. The Bertz CT molecular complexity index is 154. The molecule has 70 valence electrons. The number of nitroso groups, excluding NO2 is 1. The average Bonchev–Trinajstić information content (AvgIpc) is 2.03. The van der Waals surface area contributed by atoms with Crippen molar-refractivity contribution in [3.05, 3.63) is 4.91 Å². The number of piperidine rings is 1. The van der Waals surface area contributed by atoms with Gasteiger partial charge in [0, 0.05) is 18.6 Å². The van der Waals surface area contributed by atoms with Gasteiger partial charge in [-0.2, -0.15) is 4.91 Å². The van der Waals surface area contributed by atoms with Crippen LogP contribution in [0.5, 0.6) is 0 Å². The average molecular weight is 170 g/mol. The van der Waals surface area contributed by atoms with E-state index in [0.717, 1.165) is 25.9 Å². The van der Waals surface area contributed by atoms with E-state index >= 15 is 0 Å². The van der Waals surface area contributed by atoms with Crippen molar-refractivity contribution >= 4 is 0 Å². The summed E-state index contributed by atoms with van der Waals surface area (Å²) in [6.07, 6.45) is 1.86. The van der Waals surface area contributed by atoms with E-state index in [9.17, 15) is 4.91 Å². The van der Waals surface area contributed by atoms with Gasteiger partial charge >= 0.3 is 0 Å². The summed E-state index contributed by atoms with van der Waals surface area (Å²) in [5, 5.41) is 3.09. The molecule has 1 fully saturated rings. The topological polar surface area (TPSA) is 32.7 Å². The highest BCUT2D eigenvalue weighted by molar-refractivity contribution is 4.83. The van der Waals surface area contributed by atoms with E-state index in [1.165, 1.54) is 0 Å². The fourth-order valence-electron chi connectivity index (χ4n) is 1.64. The molecule has 0 aromatic carbocycles. The largest absolute Gasteiger partial charge is 0.298 e. The quantitative estimate of drug-likeness (QED) is 0.564. The van der Waals surface area contributed by atoms with E-state index < -0.39 is 0 Å². The molecule has 0 aromatic rings. The van der Waals surface area contributed by atoms with Gasteiger partial charge in [-0.1, -0.05) is 5.18 Å². The monoisotopic (exact) mass is 170 g/mol. The summed E-state index contributed by atoms with van der Waals surface area (Å²) in [4.78, 5) is 12.7. The van der Waals surface area contributed by atoms with Gasteiger partial charge in [0.15, 0.2) is 0 Å². The predicted molar refractivity (Wildman–Crippen MR) is 50.1 cm³/mol. The lowest BCUT2D eigenvalue weighted by atomic mass is 9.99. The maximum absolute atomic E-state index is 10.2. The van der Waals surface area contributed by atoms with E-state index in [2.05, 4.69) is 30.8 Å². The second kappa shape index (κ2) is 3.52. The first kappa shape index (κ1) is 9.65. The van der Waals surface area contributed by atoms with Crippen molar-refractivity contribution in [1.82, 2.24) is 4.90 Å². The van der Waals surface area contributed by atoms with Crippen LogP contribution in [-0.4, -0.2) is 29.6 Å². The Morgan fingerprint density at radius 3 is 2.08 bits per heavy atom. The third-order valence-corrected chi connectivity index (χ3v) is 2.56.